The molecule has 1 saturated heterocycles. The number of nitrogens with one attached hydrogen (secondary N) is 2. The van der Waals surface area contributed by atoms with Crippen LogP contribution in [0.1, 0.15) is 47.0 Å². The fraction of sp³-hybridized carbons (Fsp3) is 0.933. The Morgan fingerprint density at radius 3 is 2.75 bits per heavy atom. The van der Waals surface area contributed by atoms with E-state index in [1.165, 1.54) is 0 Å². The zero-order valence-electron chi connectivity index (χ0n) is 13.1. The maximum absolute atomic E-state index is 12.0. The van der Waals surface area contributed by atoms with E-state index in [1.807, 2.05) is 20.8 Å². The summed E-state index contributed by atoms with van der Waals surface area (Å²) in [6.45, 7) is 9.57. The van der Waals surface area contributed by atoms with Crippen LogP contribution < -0.4 is 10.6 Å². The molecule has 0 spiro atoms. The van der Waals surface area contributed by atoms with Crippen LogP contribution in [0.2, 0.25) is 0 Å². The maximum Gasteiger partial charge on any atom is 0.407 e. The van der Waals surface area contributed by atoms with Gasteiger partial charge in [0.1, 0.15) is 5.60 Å². The summed E-state index contributed by atoms with van der Waals surface area (Å²) in [5.41, 5.74) is -0.456. The largest absolute Gasteiger partial charge is 0.444 e. The number of amides is 1. The van der Waals surface area contributed by atoms with Crippen molar-refractivity contribution in [3.8, 4) is 0 Å². The highest BCUT2D eigenvalue weighted by atomic mass is 16.6. The Bertz CT molecular complexity index is 341. The second kappa shape index (κ2) is 6.31. The summed E-state index contributed by atoms with van der Waals surface area (Å²) in [7, 11) is 0. The number of rotatable bonds is 4. The van der Waals surface area contributed by atoms with Crippen molar-refractivity contribution in [2.24, 2.45) is 5.92 Å². The quantitative estimate of drug-likeness (QED) is 0.829. The van der Waals surface area contributed by atoms with E-state index in [4.69, 9.17) is 9.47 Å². The molecule has 116 valence electrons. The van der Waals surface area contributed by atoms with Crippen LogP contribution in [-0.2, 0) is 9.47 Å². The lowest BCUT2D eigenvalue weighted by molar-refractivity contribution is -0.127. The standard InChI is InChI=1S/C15H28N2O3/c1-5-8-16-12-11(10-7-6-9-19-13(10)12)17-14(18)20-15(2,3)4/h10-13,16H,5-9H2,1-4H3,(H,17,18). The van der Waals surface area contributed by atoms with Crippen molar-refractivity contribution in [2.75, 3.05) is 13.2 Å². The molecule has 0 aromatic rings. The summed E-state index contributed by atoms with van der Waals surface area (Å²) in [5, 5.41) is 6.52. The Balaban J connectivity index is 1.91. The van der Waals surface area contributed by atoms with E-state index >= 15 is 0 Å². The first-order valence-electron chi connectivity index (χ1n) is 7.77. The number of alkyl carbamates (subject to hydrolysis) is 1. The molecule has 0 aromatic carbocycles. The zero-order chi connectivity index (χ0) is 14.8. The molecule has 1 aliphatic heterocycles. The van der Waals surface area contributed by atoms with Gasteiger partial charge >= 0.3 is 6.09 Å². The van der Waals surface area contributed by atoms with Gasteiger partial charge in [0.15, 0.2) is 0 Å². The Labute approximate surface area is 121 Å². The minimum Gasteiger partial charge on any atom is -0.444 e. The highest BCUT2D eigenvalue weighted by molar-refractivity contribution is 5.68. The van der Waals surface area contributed by atoms with Crippen molar-refractivity contribution in [2.45, 2.75) is 70.7 Å². The van der Waals surface area contributed by atoms with E-state index in [-0.39, 0.29) is 24.3 Å². The van der Waals surface area contributed by atoms with Crippen molar-refractivity contribution in [1.29, 1.82) is 0 Å². The molecule has 1 aliphatic carbocycles. The number of hydrogen-bond donors (Lipinski definition) is 2. The third kappa shape index (κ3) is 3.64. The van der Waals surface area contributed by atoms with Gasteiger partial charge in [0.05, 0.1) is 18.2 Å². The number of carbonyl (C=O) groups excluding carboxylic acids is 1. The third-order valence-electron chi connectivity index (χ3n) is 3.93. The van der Waals surface area contributed by atoms with Crippen LogP contribution in [0, 0.1) is 5.92 Å². The molecule has 5 nitrogen and oxygen atoms in total. The summed E-state index contributed by atoms with van der Waals surface area (Å²) < 4.78 is 11.2. The lowest BCUT2D eigenvalue weighted by Crippen LogP contribution is -2.73. The van der Waals surface area contributed by atoms with Gasteiger partial charge in [-0.15, -0.1) is 0 Å². The third-order valence-corrected chi connectivity index (χ3v) is 3.93. The summed E-state index contributed by atoms with van der Waals surface area (Å²) in [5.74, 6) is 0.422. The highest BCUT2D eigenvalue weighted by Gasteiger charge is 2.52. The summed E-state index contributed by atoms with van der Waals surface area (Å²) >= 11 is 0. The van der Waals surface area contributed by atoms with Crippen molar-refractivity contribution < 1.29 is 14.3 Å². The van der Waals surface area contributed by atoms with E-state index in [0.29, 0.717) is 5.92 Å². The van der Waals surface area contributed by atoms with E-state index in [1.54, 1.807) is 0 Å². The number of fused-ring (bicyclic) bond motifs is 1. The molecule has 1 heterocycles. The van der Waals surface area contributed by atoms with Gasteiger partial charge in [-0.05, 0) is 46.6 Å². The predicted molar refractivity (Wildman–Crippen MR) is 77.7 cm³/mol. The average molecular weight is 284 g/mol. The van der Waals surface area contributed by atoms with Crippen molar-refractivity contribution in [3.63, 3.8) is 0 Å². The Hall–Kier alpha value is -0.810. The van der Waals surface area contributed by atoms with Gasteiger partial charge in [-0.2, -0.15) is 0 Å². The van der Waals surface area contributed by atoms with Crippen LogP contribution in [0.15, 0.2) is 0 Å². The lowest BCUT2D eigenvalue weighted by Gasteiger charge is -2.54. The van der Waals surface area contributed by atoms with Crippen LogP contribution in [0.4, 0.5) is 4.79 Å². The second-order valence-corrected chi connectivity index (χ2v) is 6.79. The minimum atomic E-state index is -0.456. The maximum atomic E-state index is 12.0. The van der Waals surface area contributed by atoms with E-state index < -0.39 is 5.60 Å². The molecule has 2 N–H and O–H groups in total. The van der Waals surface area contributed by atoms with Crippen LogP contribution in [0.3, 0.4) is 0 Å². The van der Waals surface area contributed by atoms with Gasteiger partial charge in [0.25, 0.3) is 0 Å². The van der Waals surface area contributed by atoms with Gasteiger partial charge in [0, 0.05) is 12.5 Å². The van der Waals surface area contributed by atoms with Crippen molar-refractivity contribution in [1.82, 2.24) is 10.6 Å². The molecule has 0 aromatic heterocycles. The first-order chi connectivity index (χ1) is 9.42. The van der Waals surface area contributed by atoms with Crippen molar-refractivity contribution >= 4 is 6.09 Å². The van der Waals surface area contributed by atoms with E-state index in [9.17, 15) is 4.79 Å². The smallest absolute Gasteiger partial charge is 0.407 e. The van der Waals surface area contributed by atoms with E-state index in [2.05, 4.69) is 17.6 Å². The molecular weight excluding hydrogens is 256 g/mol. The fourth-order valence-corrected chi connectivity index (χ4v) is 3.10. The second-order valence-electron chi connectivity index (χ2n) is 6.79. The molecule has 20 heavy (non-hydrogen) atoms. The molecule has 0 radical (unpaired) electrons. The van der Waals surface area contributed by atoms with Gasteiger partial charge in [0.2, 0.25) is 0 Å². The van der Waals surface area contributed by atoms with Gasteiger partial charge in [-0.25, -0.2) is 4.79 Å². The molecule has 4 unspecified atom stereocenters. The fourth-order valence-electron chi connectivity index (χ4n) is 3.10. The zero-order valence-corrected chi connectivity index (χ0v) is 13.1. The summed E-state index contributed by atoms with van der Waals surface area (Å²) in [4.78, 5) is 12.0. The average Bonchev–Trinajstić information content (AvgIpc) is 2.35. The monoisotopic (exact) mass is 284 g/mol. The predicted octanol–water partition coefficient (Wildman–Crippen LogP) is 2.06. The van der Waals surface area contributed by atoms with Crippen LogP contribution in [0.25, 0.3) is 0 Å². The number of carbonyl (C=O) groups is 1. The van der Waals surface area contributed by atoms with Gasteiger partial charge < -0.3 is 20.1 Å². The summed E-state index contributed by atoms with van der Waals surface area (Å²) in [6, 6.07) is 0.342. The normalized spacial score (nSPS) is 33.0. The van der Waals surface area contributed by atoms with Gasteiger partial charge in [-0.1, -0.05) is 6.92 Å². The van der Waals surface area contributed by atoms with Crippen LogP contribution in [-0.4, -0.2) is 43.0 Å². The first kappa shape index (κ1) is 15.6. The Morgan fingerprint density at radius 2 is 2.10 bits per heavy atom. The Morgan fingerprint density at radius 1 is 1.35 bits per heavy atom. The van der Waals surface area contributed by atoms with Crippen LogP contribution >= 0.6 is 0 Å². The van der Waals surface area contributed by atoms with Crippen LogP contribution in [0.5, 0.6) is 0 Å². The SMILES string of the molecule is CCCNC1C(NC(=O)OC(C)(C)C)C2CCCOC21. The number of hydrogen-bond acceptors (Lipinski definition) is 4. The highest BCUT2D eigenvalue weighted by Crippen LogP contribution is 2.38. The molecule has 4 atom stereocenters. The molecule has 1 saturated carbocycles. The molecule has 0 bridgehead atoms. The van der Waals surface area contributed by atoms with E-state index in [0.717, 1.165) is 32.4 Å². The van der Waals surface area contributed by atoms with Crippen molar-refractivity contribution in [3.05, 3.63) is 0 Å². The molecule has 2 fully saturated rings. The number of ether oxygens (including phenoxy) is 2. The molecule has 2 rings (SSSR count). The molecular formula is C15H28N2O3. The first-order valence-corrected chi connectivity index (χ1v) is 7.77. The van der Waals surface area contributed by atoms with Gasteiger partial charge in [-0.3, -0.25) is 0 Å². The molecule has 5 heteroatoms. The topological polar surface area (TPSA) is 59.6 Å². The Kier molecular flexibility index (Phi) is 4.91. The minimum absolute atomic E-state index is 0.127. The molecule has 2 aliphatic rings. The molecule has 1 amide bonds. The lowest BCUT2D eigenvalue weighted by atomic mass is 9.68. The summed E-state index contributed by atoms with van der Waals surface area (Å²) in [6.07, 6.45) is 3.20.